The van der Waals surface area contributed by atoms with Crippen LogP contribution in [0.3, 0.4) is 0 Å². The molecule has 12 heteroatoms. The van der Waals surface area contributed by atoms with Gasteiger partial charge in [0.1, 0.15) is 0 Å². The van der Waals surface area contributed by atoms with Gasteiger partial charge in [-0.3, -0.25) is 0 Å². The molecule has 0 saturated carbocycles. The summed E-state index contributed by atoms with van der Waals surface area (Å²) in [6, 6.07) is 0. The Morgan fingerprint density at radius 1 is 0.292 bits per heavy atom. The van der Waals surface area contributed by atoms with Crippen molar-refractivity contribution in [2.24, 2.45) is 0 Å². The van der Waals surface area contributed by atoms with E-state index in [9.17, 15) is 0 Å². The topological polar surface area (TPSA) is 73.8 Å². The zero-order chi connectivity index (χ0) is 38.3. The highest BCUT2D eigenvalue weighted by molar-refractivity contribution is 6.97. The normalized spacial score (nSPS) is 31.2. The molecule has 4 atom stereocenters. The van der Waals surface area contributed by atoms with Crippen LogP contribution < -0.4 is 0 Å². The van der Waals surface area contributed by atoms with Crippen molar-refractivity contribution in [3.8, 4) is 0 Å². The molecule has 1 saturated heterocycles. The molecule has 288 valence electrons. The van der Waals surface area contributed by atoms with Gasteiger partial charge in [-0.05, 0) is 133 Å². The number of hydrogen-bond donors (Lipinski definition) is 0. The molecular formula is C36H80O8Si4. The van der Waals surface area contributed by atoms with E-state index in [0.29, 0.717) is 0 Å². The van der Waals surface area contributed by atoms with E-state index < -0.39 is 56.6 Å². The smallest absolute Gasteiger partial charge is 0.353 e. The summed E-state index contributed by atoms with van der Waals surface area (Å²) < 4.78 is 59.8. The maximum Gasteiger partial charge on any atom is 0.353 e. The van der Waals surface area contributed by atoms with Crippen molar-refractivity contribution in [1.29, 1.82) is 0 Å². The predicted molar refractivity (Wildman–Crippen MR) is 209 cm³/mol. The fraction of sp³-hybridized carbons (Fsp3) is 1.00. The van der Waals surface area contributed by atoms with Gasteiger partial charge >= 0.3 is 34.2 Å². The first-order chi connectivity index (χ1) is 21.1. The third-order valence-corrected chi connectivity index (χ3v) is 30.5. The molecule has 0 radical (unpaired) electrons. The van der Waals surface area contributed by atoms with Crippen LogP contribution in [-0.4, -0.2) is 79.6 Å². The van der Waals surface area contributed by atoms with Gasteiger partial charge in [0.05, 0.1) is 45.3 Å². The second-order valence-electron chi connectivity index (χ2n) is 19.4. The minimum absolute atomic E-state index is 0.00145. The van der Waals surface area contributed by atoms with Crippen LogP contribution >= 0.6 is 0 Å². The highest BCUT2D eigenvalue weighted by atomic mass is 28.5. The summed E-state index contributed by atoms with van der Waals surface area (Å²) in [6.07, 6.45) is 0. The lowest BCUT2D eigenvalue weighted by atomic mass is 10.2. The second kappa shape index (κ2) is 15.9. The summed E-state index contributed by atoms with van der Waals surface area (Å²) in [5, 5.41) is 0. The van der Waals surface area contributed by atoms with E-state index in [-0.39, 0.29) is 45.1 Å². The van der Waals surface area contributed by atoms with E-state index in [4.69, 9.17) is 35.4 Å². The fourth-order valence-corrected chi connectivity index (χ4v) is 35.8. The highest BCUT2D eigenvalue weighted by Crippen LogP contribution is 2.51. The standard InChI is InChI=1S/C36H80O8Si4/c1-25(2)45(29(9)37-33(13,14)15)41-46(26(3)4,30(10)38-34(16,17)18)43-48(28(7)8,32(12)40-36(22,23)24)44-47(42-45,27(5)6)31(11)39-35(19,20)21/h25-32H,1-24H3. The number of ether oxygens (including phenoxy) is 4. The van der Waals surface area contributed by atoms with Crippen LogP contribution in [0.25, 0.3) is 0 Å². The molecule has 8 nitrogen and oxygen atoms in total. The lowest BCUT2D eigenvalue weighted by molar-refractivity contribution is -0.0642. The van der Waals surface area contributed by atoms with Crippen molar-refractivity contribution in [1.82, 2.24) is 0 Å². The molecule has 1 aliphatic rings. The summed E-state index contributed by atoms with van der Waals surface area (Å²) >= 11 is 0. The van der Waals surface area contributed by atoms with Crippen LogP contribution in [0.5, 0.6) is 0 Å². The molecule has 1 aliphatic heterocycles. The van der Waals surface area contributed by atoms with E-state index in [1.807, 2.05) is 0 Å². The third kappa shape index (κ3) is 11.3. The summed E-state index contributed by atoms with van der Waals surface area (Å²) in [6.45, 7) is 51.5. The Kier molecular flexibility index (Phi) is 15.4. The molecule has 0 aromatic carbocycles. The van der Waals surface area contributed by atoms with Crippen molar-refractivity contribution in [3.63, 3.8) is 0 Å². The Labute approximate surface area is 302 Å². The summed E-state index contributed by atoms with van der Waals surface area (Å²) in [5.41, 5.74) is -3.11. The van der Waals surface area contributed by atoms with E-state index in [0.717, 1.165) is 0 Å². The van der Waals surface area contributed by atoms with E-state index >= 15 is 0 Å². The number of rotatable bonds is 12. The van der Waals surface area contributed by atoms with Crippen LogP contribution in [0.4, 0.5) is 0 Å². The molecule has 0 aliphatic carbocycles. The highest BCUT2D eigenvalue weighted by Gasteiger charge is 2.72. The van der Waals surface area contributed by atoms with Gasteiger partial charge in [0.15, 0.2) is 0 Å². The largest absolute Gasteiger partial charge is 0.412 e. The molecule has 1 fully saturated rings. The van der Waals surface area contributed by atoms with E-state index in [2.05, 4.69) is 166 Å². The molecule has 0 spiro atoms. The Morgan fingerprint density at radius 2 is 0.417 bits per heavy atom. The molecule has 0 bridgehead atoms. The third-order valence-electron chi connectivity index (χ3n) is 8.88. The Bertz CT molecular complexity index is 839. The molecular weight excluding hydrogens is 673 g/mol. The maximum absolute atomic E-state index is 8.04. The monoisotopic (exact) mass is 752 g/mol. The Hall–Kier alpha value is 0.548. The van der Waals surface area contributed by atoms with Gasteiger partial charge in [0.25, 0.3) is 0 Å². The Morgan fingerprint density at radius 3 is 0.500 bits per heavy atom. The van der Waals surface area contributed by atoms with Gasteiger partial charge in [-0.15, -0.1) is 0 Å². The van der Waals surface area contributed by atoms with Crippen LogP contribution in [0.2, 0.25) is 22.2 Å². The fourth-order valence-electron chi connectivity index (χ4n) is 7.01. The van der Waals surface area contributed by atoms with Crippen LogP contribution in [0.1, 0.15) is 166 Å². The first-order valence-corrected chi connectivity index (χ1v) is 26.5. The average Bonchev–Trinajstić information content (AvgIpc) is 2.79. The van der Waals surface area contributed by atoms with Crippen molar-refractivity contribution >= 4 is 34.2 Å². The molecule has 4 unspecified atom stereocenters. The van der Waals surface area contributed by atoms with Gasteiger partial charge in [0, 0.05) is 0 Å². The van der Waals surface area contributed by atoms with Gasteiger partial charge in [0.2, 0.25) is 0 Å². The molecule has 0 amide bonds. The molecule has 1 rings (SSSR count). The van der Waals surface area contributed by atoms with Gasteiger partial charge in [-0.2, -0.15) is 0 Å². The molecule has 0 aromatic rings. The minimum atomic E-state index is -3.43. The summed E-state index contributed by atoms with van der Waals surface area (Å²) in [5.74, 6) is 0. The molecule has 48 heavy (non-hydrogen) atoms. The van der Waals surface area contributed by atoms with Crippen LogP contribution in [0, 0.1) is 0 Å². The van der Waals surface area contributed by atoms with Crippen molar-refractivity contribution in [2.45, 2.75) is 234 Å². The Balaban J connectivity index is 4.59. The second-order valence-corrected chi connectivity index (χ2v) is 36.3. The van der Waals surface area contributed by atoms with E-state index in [1.165, 1.54) is 0 Å². The van der Waals surface area contributed by atoms with Gasteiger partial charge in [-0.1, -0.05) is 55.4 Å². The summed E-state index contributed by atoms with van der Waals surface area (Å²) in [7, 11) is -13.7. The minimum Gasteiger partial charge on any atom is -0.412 e. The van der Waals surface area contributed by atoms with Crippen molar-refractivity contribution in [2.75, 3.05) is 0 Å². The lowest BCUT2D eigenvalue weighted by Crippen LogP contribution is -2.81. The maximum atomic E-state index is 8.04. The first-order valence-electron chi connectivity index (χ1n) is 18.6. The van der Waals surface area contributed by atoms with E-state index in [1.54, 1.807) is 0 Å². The first kappa shape index (κ1) is 46.6. The number of hydrogen-bond acceptors (Lipinski definition) is 8. The van der Waals surface area contributed by atoms with Gasteiger partial charge in [-0.25, -0.2) is 0 Å². The quantitative estimate of drug-likeness (QED) is 0.183. The van der Waals surface area contributed by atoms with Gasteiger partial charge < -0.3 is 35.4 Å². The van der Waals surface area contributed by atoms with Crippen molar-refractivity contribution < 1.29 is 35.4 Å². The average molecular weight is 753 g/mol. The summed E-state index contributed by atoms with van der Waals surface area (Å²) in [4.78, 5) is 0. The molecule has 0 aromatic heterocycles. The molecule has 1 heterocycles. The zero-order valence-corrected chi connectivity index (χ0v) is 39.9. The molecule has 0 N–H and O–H groups in total. The zero-order valence-electron chi connectivity index (χ0n) is 35.9. The van der Waals surface area contributed by atoms with Crippen LogP contribution in [-0.2, 0) is 35.4 Å². The predicted octanol–water partition coefficient (Wildman–Crippen LogP) is 10.4. The lowest BCUT2D eigenvalue weighted by Gasteiger charge is -2.61. The SMILES string of the molecule is CC(C)[Si]1(C(C)OC(C)(C)C)O[Si](C(C)C)(C(C)OC(C)(C)C)O[Si](C(C)C)(C(C)OC(C)(C)C)O[Si](C(C)C)(C(C)OC(C)(C)C)O1. The van der Waals surface area contributed by atoms with Crippen LogP contribution in [0.15, 0.2) is 0 Å². The van der Waals surface area contributed by atoms with Crippen molar-refractivity contribution in [3.05, 3.63) is 0 Å².